The van der Waals surface area contributed by atoms with E-state index in [9.17, 15) is 18.0 Å². The van der Waals surface area contributed by atoms with E-state index >= 15 is 0 Å². The van der Waals surface area contributed by atoms with Crippen LogP contribution in [0.3, 0.4) is 0 Å². The fourth-order valence-corrected chi connectivity index (χ4v) is 2.92. The summed E-state index contributed by atoms with van der Waals surface area (Å²) in [5.74, 6) is -1.37. The Morgan fingerprint density at radius 2 is 1.77 bits per heavy atom. The Labute approximate surface area is 148 Å². The summed E-state index contributed by atoms with van der Waals surface area (Å²) in [7, 11) is 0. The van der Waals surface area contributed by atoms with E-state index in [1.165, 1.54) is 0 Å². The lowest BCUT2D eigenvalue weighted by Gasteiger charge is -2.30. The molecule has 3 rings (SSSR count). The molecule has 0 saturated carbocycles. The summed E-state index contributed by atoms with van der Waals surface area (Å²) in [5, 5.41) is 9.06. The van der Waals surface area contributed by atoms with Crippen LogP contribution in [0.5, 0.6) is 0 Å². The average molecular weight is 365 g/mol. The maximum Gasteiger partial charge on any atom is 0.433 e. The second-order valence-electron chi connectivity index (χ2n) is 6.40. The average Bonchev–Trinajstić information content (AvgIpc) is 2.61. The zero-order valence-electron chi connectivity index (χ0n) is 14.1. The fraction of sp³-hybridized carbons (Fsp3) is 0.389. The number of piperidine rings is 1. The summed E-state index contributed by atoms with van der Waals surface area (Å²) < 4.78 is 39.8. The van der Waals surface area contributed by atoms with Crippen LogP contribution >= 0.6 is 0 Å². The smallest absolute Gasteiger partial charge is 0.433 e. The third kappa shape index (κ3) is 3.95. The van der Waals surface area contributed by atoms with Gasteiger partial charge in [-0.1, -0.05) is 29.8 Å². The lowest BCUT2D eigenvalue weighted by atomic mass is 9.97. The standard InChI is InChI=1S/C18H18F3N3O2/c1-11-2-4-12(5-3-11)14-10-15(18(19,20)21)23-17(22-14)24-8-6-13(7-9-24)16(25)26/h2-5,10,13H,6-9H2,1H3,(H,25,26). The van der Waals surface area contributed by atoms with Crippen molar-refractivity contribution in [3.8, 4) is 11.3 Å². The molecule has 138 valence electrons. The van der Waals surface area contributed by atoms with Gasteiger partial charge in [-0.2, -0.15) is 13.2 Å². The molecule has 1 aliphatic rings. The highest BCUT2D eigenvalue weighted by molar-refractivity contribution is 5.70. The van der Waals surface area contributed by atoms with E-state index in [0.717, 1.165) is 11.6 Å². The lowest BCUT2D eigenvalue weighted by molar-refractivity contribution is -0.142. The van der Waals surface area contributed by atoms with Gasteiger partial charge in [0.1, 0.15) is 0 Å². The number of aromatic nitrogens is 2. The van der Waals surface area contributed by atoms with Gasteiger partial charge >= 0.3 is 12.1 Å². The molecule has 0 unspecified atom stereocenters. The number of carbonyl (C=O) groups is 1. The van der Waals surface area contributed by atoms with Crippen LogP contribution in [0.15, 0.2) is 30.3 Å². The number of hydrogen-bond acceptors (Lipinski definition) is 4. The van der Waals surface area contributed by atoms with Gasteiger partial charge in [0.2, 0.25) is 5.95 Å². The Morgan fingerprint density at radius 3 is 2.31 bits per heavy atom. The monoisotopic (exact) mass is 365 g/mol. The van der Waals surface area contributed by atoms with Crippen molar-refractivity contribution in [3.05, 3.63) is 41.6 Å². The second kappa shape index (κ2) is 6.93. The third-order valence-corrected chi connectivity index (χ3v) is 4.48. The predicted octanol–water partition coefficient (Wildman–Crippen LogP) is 3.77. The number of nitrogens with zero attached hydrogens (tertiary/aromatic N) is 3. The minimum atomic E-state index is -4.59. The Bertz CT molecular complexity index is 798. The van der Waals surface area contributed by atoms with Crippen LogP contribution in [0.1, 0.15) is 24.1 Å². The van der Waals surface area contributed by atoms with Crippen LogP contribution in [-0.4, -0.2) is 34.1 Å². The molecule has 1 aromatic heterocycles. The van der Waals surface area contributed by atoms with Gasteiger partial charge < -0.3 is 10.0 Å². The topological polar surface area (TPSA) is 66.3 Å². The first kappa shape index (κ1) is 18.2. The molecule has 0 aliphatic carbocycles. The molecule has 26 heavy (non-hydrogen) atoms. The van der Waals surface area contributed by atoms with Crippen LogP contribution in [0.4, 0.5) is 19.1 Å². The van der Waals surface area contributed by atoms with Crippen molar-refractivity contribution in [2.45, 2.75) is 25.9 Å². The van der Waals surface area contributed by atoms with Gasteiger partial charge in [-0.05, 0) is 25.8 Å². The molecule has 1 N–H and O–H groups in total. The second-order valence-corrected chi connectivity index (χ2v) is 6.40. The molecule has 0 atom stereocenters. The summed E-state index contributed by atoms with van der Waals surface area (Å²) in [4.78, 5) is 20.7. The van der Waals surface area contributed by atoms with Crippen molar-refractivity contribution in [3.63, 3.8) is 0 Å². The van der Waals surface area contributed by atoms with Gasteiger partial charge in [0.05, 0.1) is 11.6 Å². The van der Waals surface area contributed by atoms with Gasteiger partial charge in [-0.15, -0.1) is 0 Å². The molecule has 5 nitrogen and oxygen atoms in total. The Hall–Kier alpha value is -2.64. The molecule has 0 radical (unpaired) electrons. The summed E-state index contributed by atoms with van der Waals surface area (Å²) >= 11 is 0. The van der Waals surface area contributed by atoms with E-state index in [2.05, 4.69) is 9.97 Å². The largest absolute Gasteiger partial charge is 0.481 e. The highest BCUT2D eigenvalue weighted by atomic mass is 19.4. The number of benzene rings is 1. The number of hydrogen-bond donors (Lipinski definition) is 1. The summed E-state index contributed by atoms with van der Waals surface area (Å²) in [6.45, 7) is 2.51. The predicted molar refractivity (Wildman–Crippen MR) is 89.8 cm³/mol. The molecule has 1 aromatic carbocycles. The van der Waals surface area contributed by atoms with Gasteiger partial charge in [0, 0.05) is 18.7 Å². The van der Waals surface area contributed by atoms with Crippen LogP contribution in [0.25, 0.3) is 11.3 Å². The Kier molecular flexibility index (Phi) is 4.84. The maximum atomic E-state index is 13.3. The number of carboxylic acids is 1. The Morgan fingerprint density at radius 1 is 1.15 bits per heavy atom. The Balaban J connectivity index is 1.96. The molecule has 2 aromatic rings. The van der Waals surface area contributed by atoms with Gasteiger partial charge in [-0.25, -0.2) is 9.97 Å². The van der Waals surface area contributed by atoms with E-state index in [1.54, 1.807) is 17.0 Å². The van der Waals surface area contributed by atoms with E-state index in [-0.39, 0.29) is 11.6 Å². The van der Waals surface area contributed by atoms with Gasteiger partial charge in [-0.3, -0.25) is 4.79 Å². The van der Waals surface area contributed by atoms with Crippen LogP contribution in [-0.2, 0) is 11.0 Å². The number of halogens is 3. The highest BCUT2D eigenvalue weighted by Gasteiger charge is 2.35. The van der Waals surface area contributed by atoms with Gasteiger partial charge in [0.15, 0.2) is 5.69 Å². The first-order valence-corrected chi connectivity index (χ1v) is 8.25. The van der Waals surface area contributed by atoms with Crippen molar-refractivity contribution >= 4 is 11.9 Å². The summed E-state index contributed by atoms with van der Waals surface area (Å²) in [6, 6.07) is 8.00. The molecule has 8 heteroatoms. The van der Waals surface area contributed by atoms with E-state index < -0.39 is 23.8 Å². The molecule has 1 fully saturated rings. The summed E-state index contributed by atoms with van der Waals surface area (Å²) in [5.41, 5.74) is 0.765. The first-order valence-electron chi connectivity index (χ1n) is 8.25. The van der Waals surface area contributed by atoms with Crippen LogP contribution < -0.4 is 4.90 Å². The quantitative estimate of drug-likeness (QED) is 0.897. The zero-order valence-corrected chi connectivity index (χ0v) is 14.1. The lowest BCUT2D eigenvalue weighted by Crippen LogP contribution is -2.37. The van der Waals surface area contributed by atoms with Gasteiger partial charge in [0.25, 0.3) is 0 Å². The molecular formula is C18H18F3N3O2. The number of anilines is 1. The minimum Gasteiger partial charge on any atom is -0.481 e. The molecule has 1 saturated heterocycles. The number of aryl methyl sites for hydroxylation is 1. The number of rotatable bonds is 3. The zero-order chi connectivity index (χ0) is 18.9. The van der Waals surface area contributed by atoms with Crippen LogP contribution in [0, 0.1) is 12.8 Å². The first-order chi connectivity index (χ1) is 12.2. The molecular weight excluding hydrogens is 347 g/mol. The molecule has 2 heterocycles. The third-order valence-electron chi connectivity index (χ3n) is 4.48. The normalized spacial score (nSPS) is 15.9. The van der Waals surface area contributed by atoms with E-state index in [1.807, 2.05) is 19.1 Å². The summed E-state index contributed by atoms with van der Waals surface area (Å²) in [6.07, 6.45) is -3.87. The van der Waals surface area contributed by atoms with Crippen molar-refractivity contribution in [2.75, 3.05) is 18.0 Å². The van der Waals surface area contributed by atoms with Crippen LogP contribution in [0.2, 0.25) is 0 Å². The van der Waals surface area contributed by atoms with E-state index in [4.69, 9.17) is 5.11 Å². The van der Waals surface area contributed by atoms with Crippen molar-refractivity contribution in [1.82, 2.24) is 9.97 Å². The van der Waals surface area contributed by atoms with E-state index in [0.29, 0.717) is 31.5 Å². The highest BCUT2D eigenvalue weighted by Crippen LogP contribution is 2.32. The molecule has 1 aliphatic heterocycles. The number of carboxylic acid groups (broad SMARTS) is 1. The molecule has 0 amide bonds. The number of aliphatic carboxylic acids is 1. The molecule has 0 spiro atoms. The van der Waals surface area contributed by atoms with Crippen molar-refractivity contribution < 1.29 is 23.1 Å². The SMILES string of the molecule is Cc1ccc(-c2cc(C(F)(F)F)nc(N3CCC(C(=O)O)CC3)n2)cc1. The van der Waals surface area contributed by atoms with Crippen molar-refractivity contribution in [1.29, 1.82) is 0 Å². The van der Waals surface area contributed by atoms with Crippen molar-refractivity contribution in [2.24, 2.45) is 5.92 Å². The fourth-order valence-electron chi connectivity index (χ4n) is 2.92. The minimum absolute atomic E-state index is 0.0146. The molecule has 0 bridgehead atoms. The number of alkyl halides is 3. The maximum absolute atomic E-state index is 13.3.